The lowest BCUT2D eigenvalue weighted by atomic mass is 9.90. The Morgan fingerprint density at radius 1 is 0.250 bits per heavy atom. The summed E-state index contributed by atoms with van der Waals surface area (Å²) in [6, 6.07) is 0. The first kappa shape index (κ1) is 32.0. The Bertz CT molecular complexity index is 307. The van der Waals surface area contributed by atoms with E-state index in [2.05, 4.69) is 20.8 Å². The van der Waals surface area contributed by atoms with Crippen molar-refractivity contribution in [2.45, 2.75) is 201 Å². The molecule has 0 nitrogen and oxygen atoms in total. The largest absolute Gasteiger partial charge is 0.0654 e. The molecule has 1 atom stereocenters. The summed E-state index contributed by atoms with van der Waals surface area (Å²) in [5.41, 5.74) is 0. The molecule has 194 valence electrons. The molecule has 0 heteroatoms. The first-order chi connectivity index (χ1) is 15.8. The normalized spacial score (nSPS) is 12.5. The summed E-state index contributed by atoms with van der Waals surface area (Å²) in [4.78, 5) is 0. The van der Waals surface area contributed by atoms with E-state index >= 15 is 0 Å². The summed E-state index contributed by atoms with van der Waals surface area (Å²) >= 11 is 0. The van der Waals surface area contributed by atoms with Crippen LogP contribution in [0.4, 0.5) is 0 Å². The predicted molar refractivity (Wildman–Crippen MR) is 150 cm³/mol. The van der Waals surface area contributed by atoms with Crippen molar-refractivity contribution in [3.05, 3.63) is 0 Å². The summed E-state index contributed by atoms with van der Waals surface area (Å²) < 4.78 is 0. The van der Waals surface area contributed by atoms with E-state index in [-0.39, 0.29) is 0 Å². The molecule has 0 saturated heterocycles. The van der Waals surface area contributed by atoms with Crippen molar-refractivity contribution in [2.24, 2.45) is 5.92 Å². The lowest BCUT2D eigenvalue weighted by molar-refractivity contribution is 0.376. The minimum absolute atomic E-state index is 1.03. The quantitative estimate of drug-likeness (QED) is 0.104. The first-order valence-corrected chi connectivity index (χ1v) is 15.8. The molecule has 0 aliphatic carbocycles. The van der Waals surface area contributed by atoms with Crippen molar-refractivity contribution in [1.29, 1.82) is 0 Å². The summed E-state index contributed by atoms with van der Waals surface area (Å²) in [5, 5.41) is 0. The molecule has 32 heavy (non-hydrogen) atoms. The highest BCUT2D eigenvalue weighted by Gasteiger charge is 2.07. The van der Waals surface area contributed by atoms with Crippen LogP contribution in [0.5, 0.6) is 0 Å². The predicted octanol–water partition coefficient (Wildman–Crippen LogP) is 12.6. The van der Waals surface area contributed by atoms with Gasteiger partial charge in [-0.2, -0.15) is 0 Å². The Morgan fingerprint density at radius 2 is 0.500 bits per heavy atom. The van der Waals surface area contributed by atoms with Gasteiger partial charge in [-0.3, -0.25) is 0 Å². The number of hydrogen-bond acceptors (Lipinski definition) is 0. The lowest BCUT2D eigenvalue weighted by Crippen LogP contribution is -2.00. The van der Waals surface area contributed by atoms with Gasteiger partial charge in [0.15, 0.2) is 0 Å². The molecule has 0 aromatic heterocycles. The minimum atomic E-state index is 1.03. The Kier molecular flexibility index (Phi) is 29.0. The summed E-state index contributed by atoms with van der Waals surface area (Å²) in [7, 11) is 0. The number of rotatable bonds is 28. The standard InChI is InChI=1S/C32H66/c1-4-7-9-11-13-15-17-18-19-20-22-24-26-28-31-32(29-6-3)30-27-25-23-21-16-14-12-10-8-5-2/h32H,4-31H2,1-3H3. The molecular weight excluding hydrogens is 384 g/mol. The van der Waals surface area contributed by atoms with Crippen LogP contribution in [0.25, 0.3) is 0 Å². The fourth-order valence-electron chi connectivity index (χ4n) is 5.39. The fourth-order valence-corrected chi connectivity index (χ4v) is 5.39. The molecule has 0 rings (SSSR count). The number of unbranched alkanes of at least 4 members (excludes halogenated alkanes) is 22. The topological polar surface area (TPSA) is 0 Å². The van der Waals surface area contributed by atoms with Gasteiger partial charge in [0.05, 0.1) is 0 Å². The lowest BCUT2D eigenvalue weighted by Gasteiger charge is -2.16. The zero-order valence-electron chi connectivity index (χ0n) is 23.4. The summed E-state index contributed by atoms with van der Waals surface area (Å²) in [5.74, 6) is 1.03. The van der Waals surface area contributed by atoms with Crippen LogP contribution in [0.1, 0.15) is 201 Å². The van der Waals surface area contributed by atoms with Crippen molar-refractivity contribution < 1.29 is 0 Å². The maximum atomic E-state index is 2.39. The second kappa shape index (κ2) is 29.0. The van der Waals surface area contributed by atoms with E-state index in [9.17, 15) is 0 Å². The molecule has 0 saturated carbocycles. The van der Waals surface area contributed by atoms with Crippen LogP contribution in [0, 0.1) is 5.92 Å². The van der Waals surface area contributed by atoms with Crippen LogP contribution in [-0.2, 0) is 0 Å². The van der Waals surface area contributed by atoms with E-state index in [4.69, 9.17) is 0 Å². The van der Waals surface area contributed by atoms with E-state index in [0.29, 0.717) is 0 Å². The van der Waals surface area contributed by atoms with Crippen molar-refractivity contribution in [2.75, 3.05) is 0 Å². The van der Waals surface area contributed by atoms with Gasteiger partial charge in [0, 0.05) is 0 Å². The second-order valence-electron chi connectivity index (χ2n) is 11.0. The highest BCUT2D eigenvalue weighted by atomic mass is 14.1. The van der Waals surface area contributed by atoms with Gasteiger partial charge < -0.3 is 0 Å². The molecule has 0 aromatic carbocycles. The Labute approximate surface area is 206 Å². The van der Waals surface area contributed by atoms with Gasteiger partial charge in [0.2, 0.25) is 0 Å². The van der Waals surface area contributed by atoms with Crippen molar-refractivity contribution in [1.82, 2.24) is 0 Å². The van der Waals surface area contributed by atoms with E-state index in [0.717, 1.165) is 5.92 Å². The third kappa shape index (κ3) is 26.3. The highest BCUT2D eigenvalue weighted by molar-refractivity contribution is 4.61. The van der Waals surface area contributed by atoms with Crippen LogP contribution in [0.2, 0.25) is 0 Å². The SMILES string of the molecule is CCCCCCCCCCCCCCCCC(CCC)CCCCCCCCCCCC. The van der Waals surface area contributed by atoms with Gasteiger partial charge >= 0.3 is 0 Å². The van der Waals surface area contributed by atoms with Gasteiger partial charge in [0.1, 0.15) is 0 Å². The van der Waals surface area contributed by atoms with Crippen LogP contribution >= 0.6 is 0 Å². The van der Waals surface area contributed by atoms with E-state index in [1.54, 1.807) is 0 Å². The average Bonchev–Trinajstić information content (AvgIpc) is 2.80. The van der Waals surface area contributed by atoms with Crippen molar-refractivity contribution in [3.63, 3.8) is 0 Å². The highest BCUT2D eigenvalue weighted by Crippen LogP contribution is 2.23. The molecule has 0 fully saturated rings. The molecule has 0 bridgehead atoms. The second-order valence-corrected chi connectivity index (χ2v) is 11.0. The maximum absolute atomic E-state index is 2.39. The Hall–Kier alpha value is 0. The molecular formula is C32H66. The number of hydrogen-bond donors (Lipinski definition) is 0. The Balaban J connectivity index is 3.37. The summed E-state index contributed by atoms with van der Waals surface area (Å²) in [6.45, 7) is 7.00. The third-order valence-corrected chi connectivity index (χ3v) is 7.63. The van der Waals surface area contributed by atoms with Crippen molar-refractivity contribution >= 4 is 0 Å². The zero-order valence-corrected chi connectivity index (χ0v) is 23.4. The molecule has 0 heterocycles. The molecule has 1 unspecified atom stereocenters. The van der Waals surface area contributed by atoms with Crippen molar-refractivity contribution in [3.8, 4) is 0 Å². The van der Waals surface area contributed by atoms with Crippen LogP contribution in [0.15, 0.2) is 0 Å². The van der Waals surface area contributed by atoms with Crippen LogP contribution in [0.3, 0.4) is 0 Å². The van der Waals surface area contributed by atoms with Crippen LogP contribution < -0.4 is 0 Å². The molecule has 0 spiro atoms. The fraction of sp³-hybridized carbons (Fsp3) is 1.00. The monoisotopic (exact) mass is 451 g/mol. The van der Waals surface area contributed by atoms with Crippen LogP contribution in [-0.4, -0.2) is 0 Å². The molecule has 0 aromatic rings. The zero-order chi connectivity index (χ0) is 23.4. The average molecular weight is 451 g/mol. The summed E-state index contributed by atoms with van der Waals surface area (Å²) in [6.07, 6.45) is 41.3. The van der Waals surface area contributed by atoms with Gasteiger partial charge in [-0.25, -0.2) is 0 Å². The maximum Gasteiger partial charge on any atom is -0.0414 e. The van der Waals surface area contributed by atoms with E-state index < -0.39 is 0 Å². The smallest absolute Gasteiger partial charge is 0.0414 e. The van der Waals surface area contributed by atoms with E-state index in [1.807, 2.05) is 0 Å². The molecule has 0 amide bonds. The van der Waals surface area contributed by atoms with E-state index in [1.165, 1.54) is 180 Å². The first-order valence-electron chi connectivity index (χ1n) is 15.8. The Morgan fingerprint density at radius 3 is 0.750 bits per heavy atom. The molecule has 0 aliphatic rings. The third-order valence-electron chi connectivity index (χ3n) is 7.63. The molecule has 0 radical (unpaired) electrons. The van der Waals surface area contributed by atoms with Gasteiger partial charge in [-0.05, 0) is 5.92 Å². The minimum Gasteiger partial charge on any atom is -0.0654 e. The van der Waals surface area contributed by atoms with Gasteiger partial charge in [0.25, 0.3) is 0 Å². The van der Waals surface area contributed by atoms with Gasteiger partial charge in [-0.15, -0.1) is 0 Å². The molecule has 0 N–H and O–H groups in total. The van der Waals surface area contributed by atoms with Gasteiger partial charge in [-0.1, -0.05) is 201 Å². The molecule has 0 aliphatic heterocycles.